The van der Waals surface area contributed by atoms with E-state index in [-0.39, 0.29) is 18.0 Å². The zero-order valence-corrected chi connectivity index (χ0v) is 11.0. The van der Waals surface area contributed by atoms with Gasteiger partial charge in [0.1, 0.15) is 11.2 Å². The van der Waals surface area contributed by atoms with Gasteiger partial charge in [-0.3, -0.25) is 14.2 Å². The van der Waals surface area contributed by atoms with Crippen molar-refractivity contribution in [2.75, 3.05) is 6.54 Å². The van der Waals surface area contributed by atoms with Crippen molar-refractivity contribution in [1.82, 2.24) is 14.9 Å². The molecule has 0 aliphatic carbocycles. The van der Waals surface area contributed by atoms with Gasteiger partial charge in [0.15, 0.2) is 0 Å². The van der Waals surface area contributed by atoms with E-state index in [0.717, 1.165) is 12.8 Å². The first-order valence-corrected chi connectivity index (χ1v) is 6.79. The van der Waals surface area contributed by atoms with Crippen LogP contribution in [-0.4, -0.2) is 22.0 Å². The number of nitrogens with one attached hydrogen (secondary N) is 1. The molecule has 0 aromatic carbocycles. The average molecular weight is 265 g/mol. The normalized spacial score (nSPS) is 10.7. The highest BCUT2D eigenvalue weighted by atomic mass is 32.1. The number of aromatic nitrogens is 2. The molecule has 0 fully saturated rings. The van der Waals surface area contributed by atoms with E-state index in [1.165, 1.54) is 22.2 Å². The van der Waals surface area contributed by atoms with E-state index in [4.69, 9.17) is 0 Å². The summed E-state index contributed by atoms with van der Waals surface area (Å²) < 4.78 is 1.94. The Morgan fingerprint density at radius 2 is 2.39 bits per heavy atom. The molecule has 5 nitrogen and oxygen atoms in total. The fourth-order valence-electron chi connectivity index (χ4n) is 1.61. The Hall–Kier alpha value is -1.69. The van der Waals surface area contributed by atoms with Crippen molar-refractivity contribution >= 4 is 27.5 Å². The summed E-state index contributed by atoms with van der Waals surface area (Å²) in [6, 6.07) is 1.80. The lowest BCUT2D eigenvalue weighted by Crippen LogP contribution is -2.32. The van der Waals surface area contributed by atoms with Crippen molar-refractivity contribution in [1.29, 1.82) is 0 Å². The molecule has 2 rings (SSSR count). The first-order chi connectivity index (χ1) is 8.72. The predicted molar refractivity (Wildman–Crippen MR) is 71.8 cm³/mol. The maximum Gasteiger partial charge on any atom is 0.271 e. The Labute approximate surface area is 108 Å². The molecule has 1 N–H and O–H groups in total. The van der Waals surface area contributed by atoms with Gasteiger partial charge in [0.25, 0.3) is 5.56 Å². The van der Waals surface area contributed by atoms with Crippen LogP contribution in [-0.2, 0) is 11.3 Å². The van der Waals surface area contributed by atoms with E-state index in [1.54, 1.807) is 6.07 Å². The van der Waals surface area contributed by atoms with Crippen molar-refractivity contribution < 1.29 is 4.79 Å². The van der Waals surface area contributed by atoms with Crippen LogP contribution >= 0.6 is 11.3 Å². The molecule has 0 radical (unpaired) electrons. The molecule has 2 aromatic rings. The van der Waals surface area contributed by atoms with Gasteiger partial charge in [-0.2, -0.15) is 0 Å². The van der Waals surface area contributed by atoms with Crippen molar-refractivity contribution in [3.05, 3.63) is 28.1 Å². The van der Waals surface area contributed by atoms with Gasteiger partial charge in [-0.1, -0.05) is 13.3 Å². The quantitative estimate of drug-likeness (QED) is 0.831. The molecule has 0 spiro atoms. The van der Waals surface area contributed by atoms with Crippen molar-refractivity contribution in [2.45, 2.75) is 26.3 Å². The van der Waals surface area contributed by atoms with E-state index >= 15 is 0 Å². The third-order valence-corrected chi connectivity index (χ3v) is 3.49. The molecule has 2 aromatic heterocycles. The summed E-state index contributed by atoms with van der Waals surface area (Å²) in [5.41, 5.74) is 0.535. The van der Waals surface area contributed by atoms with Crippen molar-refractivity contribution in [2.24, 2.45) is 0 Å². The van der Waals surface area contributed by atoms with Gasteiger partial charge in [-0.15, -0.1) is 11.3 Å². The fourth-order valence-corrected chi connectivity index (χ4v) is 2.40. The van der Waals surface area contributed by atoms with Crippen molar-refractivity contribution in [3.63, 3.8) is 0 Å². The Kier molecular flexibility index (Phi) is 4.09. The first kappa shape index (κ1) is 12.8. The third-order valence-electron chi connectivity index (χ3n) is 2.60. The number of carbonyl (C=O) groups is 1. The highest BCUT2D eigenvalue weighted by Crippen LogP contribution is 2.12. The molecule has 0 saturated carbocycles. The highest BCUT2D eigenvalue weighted by molar-refractivity contribution is 7.17. The number of hydrogen-bond acceptors (Lipinski definition) is 4. The van der Waals surface area contributed by atoms with E-state index in [0.29, 0.717) is 16.8 Å². The monoisotopic (exact) mass is 265 g/mol. The van der Waals surface area contributed by atoms with Crippen LogP contribution in [0.5, 0.6) is 0 Å². The second kappa shape index (κ2) is 5.77. The van der Waals surface area contributed by atoms with Crippen LogP contribution in [0.25, 0.3) is 10.2 Å². The zero-order valence-electron chi connectivity index (χ0n) is 10.2. The smallest absolute Gasteiger partial charge is 0.271 e. The summed E-state index contributed by atoms with van der Waals surface area (Å²) in [6.45, 7) is 2.74. The standard InChI is InChI=1S/C12H15N3O2S/c1-2-3-5-13-10(16)7-15-8-14-9-4-6-18-11(9)12(15)17/h4,6,8H,2-3,5,7H2,1H3,(H,13,16). The number of rotatable bonds is 5. The van der Waals surface area contributed by atoms with Crippen LogP contribution in [0.3, 0.4) is 0 Å². The summed E-state index contributed by atoms with van der Waals surface area (Å²) in [7, 11) is 0. The number of nitrogens with zero attached hydrogens (tertiary/aromatic N) is 2. The van der Waals surface area contributed by atoms with E-state index in [2.05, 4.69) is 17.2 Å². The summed E-state index contributed by atoms with van der Waals surface area (Å²) in [5, 5.41) is 4.60. The largest absolute Gasteiger partial charge is 0.355 e. The van der Waals surface area contributed by atoms with Gasteiger partial charge in [0.05, 0.1) is 11.8 Å². The summed E-state index contributed by atoms with van der Waals surface area (Å²) >= 11 is 1.35. The van der Waals surface area contributed by atoms with Crippen LogP contribution in [0.4, 0.5) is 0 Å². The number of hydrogen-bond donors (Lipinski definition) is 1. The SMILES string of the molecule is CCCCNC(=O)Cn1cnc2ccsc2c1=O. The molecule has 0 aliphatic heterocycles. The van der Waals surface area contributed by atoms with Gasteiger partial charge >= 0.3 is 0 Å². The average Bonchev–Trinajstić information content (AvgIpc) is 2.82. The maximum absolute atomic E-state index is 12.0. The van der Waals surface area contributed by atoms with Crippen LogP contribution < -0.4 is 10.9 Å². The number of amides is 1. The minimum absolute atomic E-state index is 0.0311. The van der Waals surface area contributed by atoms with Gasteiger partial charge in [0.2, 0.25) is 5.91 Å². The summed E-state index contributed by atoms with van der Waals surface area (Å²) in [5.74, 6) is -0.150. The maximum atomic E-state index is 12.0. The molecule has 0 atom stereocenters. The lowest BCUT2D eigenvalue weighted by Gasteiger charge is -2.06. The van der Waals surface area contributed by atoms with Crippen LogP contribution in [0.15, 0.2) is 22.6 Å². The van der Waals surface area contributed by atoms with Crippen LogP contribution in [0, 0.1) is 0 Å². The molecule has 1 amide bonds. The van der Waals surface area contributed by atoms with E-state index in [9.17, 15) is 9.59 Å². The zero-order chi connectivity index (χ0) is 13.0. The van der Waals surface area contributed by atoms with E-state index in [1.807, 2.05) is 5.38 Å². The third kappa shape index (κ3) is 2.76. The minimum atomic E-state index is -0.152. The molecule has 0 unspecified atom stereocenters. The molecule has 18 heavy (non-hydrogen) atoms. The Morgan fingerprint density at radius 1 is 1.56 bits per heavy atom. The van der Waals surface area contributed by atoms with Crippen LogP contribution in [0.1, 0.15) is 19.8 Å². The molecule has 6 heteroatoms. The van der Waals surface area contributed by atoms with Crippen molar-refractivity contribution in [3.8, 4) is 0 Å². The number of unbranched alkanes of at least 4 members (excludes halogenated alkanes) is 1. The molecule has 2 heterocycles. The topological polar surface area (TPSA) is 64.0 Å². The Balaban J connectivity index is 2.09. The van der Waals surface area contributed by atoms with Gasteiger partial charge in [-0.05, 0) is 17.9 Å². The molecular weight excluding hydrogens is 250 g/mol. The number of carbonyl (C=O) groups excluding carboxylic acids is 1. The lowest BCUT2D eigenvalue weighted by molar-refractivity contribution is -0.121. The number of thiophene rings is 1. The fraction of sp³-hybridized carbons (Fsp3) is 0.417. The summed E-state index contributed by atoms with van der Waals surface area (Å²) in [6.07, 6.45) is 3.41. The number of fused-ring (bicyclic) bond motifs is 1. The second-order valence-corrected chi connectivity index (χ2v) is 4.93. The van der Waals surface area contributed by atoms with Gasteiger partial charge in [0, 0.05) is 6.54 Å². The minimum Gasteiger partial charge on any atom is -0.355 e. The molecule has 96 valence electrons. The lowest BCUT2D eigenvalue weighted by atomic mass is 10.3. The van der Waals surface area contributed by atoms with Gasteiger partial charge in [-0.25, -0.2) is 4.98 Å². The van der Waals surface area contributed by atoms with Gasteiger partial charge < -0.3 is 5.32 Å². The molecule has 0 bridgehead atoms. The van der Waals surface area contributed by atoms with Crippen LogP contribution in [0.2, 0.25) is 0 Å². The summed E-state index contributed by atoms with van der Waals surface area (Å²) in [4.78, 5) is 27.8. The Morgan fingerprint density at radius 3 is 3.17 bits per heavy atom. The highest BCUT2D eigenvalue weighted by Gasteiger charge is 2.08. The molecule has 0 aliphatic rings. The molecule has 0 saturated heterocycles. The Bertz CT molecular complexity index is 603. The van der Waals surface area contributed by atoms with E-state index < -0.39 is 0 Å². The first-order valence-electron chi connectivity index (χ1n) is 5.91. The second-order valence-electron chi connectivity index (χ2n) is 4.02. The predicted octanol–water partition coefficient (Wildman–Crippen LogP) is 1.37. The molecular formula is C12H15N3O2S.